The minimum Gasteiger partial charge on any atom is -0.465 e. The molecule has 1 rings (SSSR count). The lowest BCUT2D eigenvalue weighted by Gasteiger charge is -2.10. The number of Topliss-reactive ketones (excluding diaryl/α,β-unsaturated/α-hetero) is 1. The second kappa shape index (κ2) is 6.18. The number of benzene rings is 1. The Morgan fingerprint density at radius 2 is 2.00 bits per heavy atom. The average Bonchev–Trinajstić information content (AvgIpc) is 2.34. The Hall–Kier alpha value is -1.64. The molecule has 17 heavy (non-hydrogen) atoms. The van der Waals surface area contributed by atoms with E-state index in [2.05, 4.69) is 6.92 Å². The predicted molar refractivity (Wildman–Crippen MR) is 66.4 cm³/mol. The number of rotatable bonds is 5. The number of hydrogen-bond acceptors (Lipinski definition) is 3. The zero-order valence-electron chi connectivity index (χ0n) is 10.6. The van der Waals surface area contributed by atoms with Crippen LogP contribution in [-0.4, -0.2) is 18.9 Å². The Bertz CT molecular complexity index is 421. The topological polar surface area (TPSA) is 43.4 Å². The van der Waals surface area contributed by atoms with E-state index in [1.54, 1.807) is 12.1 Å². The predicted octanol–water partition coefficient (Wildman–Crippen LogP) is 3.02. The van der Waals surface area contributed by atoms with Gasteiger partial charge < -0.3 is 4.74 Å². The number of methoxy groups -OCH3 is 1. The Morgan fingerprint density at radius 3 is 2.53 bits per heavy atom. The second-order valence-electron chi connectivity index (χ2n) is 3.99. The van der Waals surface area contributed by atoms with Crippen LogP contribution in [0.15, 0.2) is 18.2 Å². The maximum atomic E-state index is 11.7. The number of ether oxygens (including phenoxy) is 1. The van der Waals surface area contributed by atoms with Crippen LogP contribution in [0.5, 0.6) is 0 Å². The maximum Gasteiger partial charge on any atom is 0.338 e. The summed E-state index contributed by atoms with van der Waals surface area (Å²) in [6, 6.07) is 5.33. The summed E-state index contributed by atoms with van der Waals surface area (Å²) in [5.41, 5.74) is 1.81. The molecule has 0 atom stereocenters. The van der Waals surface area contributed by atoms with E-state index < -0.39 is 5.97 Å². The van der Waals surface area contributed by atoms with Gasteiger partial charge >= 0.3 is 5.97 Å². The highest BCUT2D eigenvalue weighted by molar-refractivity contribution is 6.06. The minimum absolute atomic E-state index is 0.0860. The van der Waals surface area contributed by atoms with Gasteiger partial charge in [0.2, 0.25) is 0 Å². The summed E-state index contributed by atoms with van der Waals surface area (Å²) < 4.78 is 4.70. The molecule has 0 bridgehead atoms. The number of ketones is 1. The van der Waals surface area contributed by atoms with Gasteiger partial charge in [-0.1, -0.05) is 25.5 Å². The lowest BCUT2D eigenvalue weighted by Crippen LogP contribution is -2.11. The zero-order valence-corrected chi connectivity index (χ0v) is 10.6. The van der Waals surface area contributed by atoms with Crippen molar-refractivity contribution >= 4 is 11.8 Å². The molecule has 0 aliphatic carbocycles. The maximum absolute atomic E-state index is 11.7. The summed E-state index contributed by atoms with van der Waals surface area (Å²) in [7, 11) is 1.32. The largest absolute Gasteiger partial charge is 0.465 e. The van der Waals surface area contributed by atoms with E-state index in [0.29, 0.717) is 11.1 Å². The van der Waals surface area contributed by atoms with Crippen LogP contribution in [0, 0.1) is 0 Å². The fourth-order valence-corrected chi connectivity index (χ4v) is 1.87. The molecule has 92 valence electrons. The van der Waals surface area contributed by atoms with Crippen molar-refractivity contribution in [1.82, 2.24) is 0 Å². The van der Waals surface area contributed by atoms with Gasteiger partial charge in [0.1, 0.15) is 0 Å². The summed E-state index contributed by atoms with van der Waals surface area (Å²) in [5.74, 6) is -0.536. The average molecular weight is 234 g/mol. The lowest BCUT2D eigenvalue weighted by atomic mass is 9.94. The van der Waals surface area contributed by atoms with E-state index in [0.717, 1.165) is 24.8 Å². The third-order valence-corrected chi connectivity index (χ3v) is 2.71. The number of hydrogen-bond donors (Lipinski definition) is 0. The van der Waals surface area contributed by atoms with E-state index in [-0.39, 0.29) is 5.78 Å². The summed E-state index contributed by atoms with van der Waals surface area (Å²) in [6.07, 6.45) is 2.88. The van der Waals surface area contributed by atoms with Crippen LogP contribution in [0.1, 0.15) is 53.0 Å². The third kappa shape index (κ3) is 3.16. The van der Waals surface area contributed by atoms with Crippen molar-refractivity contribution in [2.45, 2.75) is 33.1 Å². The highest BCUT2D eigenvalue weighted by Crippen LogP contribution is 2.19. The van der Waals surface area contributed by atoms with Crippen LogP contribution in [0.3, 0.4) is 0 Å². The van der Waals surface area contributed by atoms with Gasteiger partial charge in [0.05, 0.1) is 12.7 Å². The van der Waals surface area contributed by atoms with Crippen molar-refractivity contribution < 1.29 is 14.3 Å². The van der Waals surface area contributed by atoms with Crippen LogP contribution < -0.4 is 0 Å². The van der Waals surface area contributed by atoms with E-state index in [1.165, 1.54) is 14.0 Å². The zero-order chi connectivity index (χ0) is 12.8. The molecule has 0 amide bonds. The van der Waals surface area contributed by atoms with E-state index in [9.17, 15) is 9.59 Å². The second-order valence-corrected chi connectivity index (χ2v) is 3.99. The molecule has 0 aliphatic heterocycles. The Balaban J connectivity index is 3.22. The fraction of sp³-hybridized carbons (Fsp3) is 0.429. The third-order valence-electron chi connectivity index (χ3n) is 2.71. The van der Waals surface area contributed by atoms with Crippen LogP contribution in [0.2, 0.25) is 0 Å². The van der Waals surface area contributed by atoms with Crippen molar-refractivity contribution in [3.63, 3.8) is 0 Å². The summed E-state index contributed by atoms with van der Waals surface area (Å²) in [4.78, 5) is 23.3. The van der Waals surface area contributed by atoms with Gasteiger partial charge in [-0.25, -0.2) is 4.79 Å². The Kier molecular flexibility index (Phi) is 4.88. The monoisotopic (exact) mass is 234 g/mol. The van der Waals surface area contributed by atoms with Crippen molar-refractivity contribution in [2.24, 2.45) is 0 Å². The van der Waals surface area contributed by atoms with Crippen LogP contribution in [-0.2, 0) is 11.2 Å². The van der Waals surface area contributed by atoms with E-state index in [1.807, 2.05) is 6.07 Å². The summed E-state index contributed by atoms with van der Waals surface area (Å²) >= 11 is 0. The number of unbranched alkanes of at least 4 members (excludes halogenated alkanes) is 1. The quantitative estimate of drug-likeness (QED) is 0.581. The van der Waals surface area contributed by atoms with Crippen molar-refractivity contribution in [1.29, 1.82) is 0 Å². The standard InChI is InChI=1S/C14H18O3/c1-4-5-7-11-8-6-9-12(14(16)17-3)13(11)10(2)15/h6,8-9H,4-5,7H2,1-3H3. The first-order valence-electron chi connectivity index (χ1n) is 5.83. The van der Waals surface area contributed by atoms with Gasteiger partial charge in [0.15, 0.2) is 5.78 Å². The molecule has 1 aromatic carbocycles. The number of carbonyl (C=O) groups excluding carboxylic acids is 2. The van der Waals surface area contributed by atoms with Gasteiger partial charge in [0, 0.05) is 5.56 Å². The molecule has 0 saturated heterocycles. The van der Waals surface area contributed by atoms with Gasteiger partial charge in [-0.2, -0.15) is 0 Å². The molecule has 0 N–H and O–H groups in total. The first kappa shape index (κ1) is 13.4. The first-order valence-corrected chi connectivity index (χ1v) is 5.83. The number of aryl methyl sites for hydroxylation is 1. The highest BCUT2D eigenvalue weighted by Gasteiger charge is 2.17. The molecule has 3 heteroatoms. The Labute approximate surface area is 102 Å². The fourth-order valence-electron chi connectivity index (χ4n) is 1.87. The molecular formula is C14H18O3. The normalized spacial score (nSPS) is 10.1. The van der Waals surface area contributed by atoms with E-state index >= 15 is 0 Å². The van der Waals surface area contributed by atoms with Crippen molar-refractivity contribution in [2.75, 3.05) is 7.11 Å². The highest BCUT2D eigenvalue weighted by atomic mass is 16.5. The molecule has 0 spiro atoms. The molecule has 0 radical (unpaired) electrons. The molecule has 0 heterocycles. The van der Waals surface area contributed by atoms with E-state index in [4.69, 9.17) is 4.74 Å². The van der Waals surface area contributed by atoms with Gasteiger partial charge in [0.25, 0.3) is 0 Å². The smallest absolute Gasteiger partial charge is 0.338 e. The summed E-state index contributed by atoms with van der Waals surface area (Å²) in [6.45, 7) is 3.58. The lowest BCUT2D eigenvalue weighted by molar-refractivity contribution is 0.0597. The van der Waals surface area contributed by atoms with Gasteiger partial charge in [-0.15, -0.1) is 0 Å². The number of esters is 1. The number of carbonyl (C=O) groups is 2. The molecule has 3 nitrogen and oxygen atoms in total. The molecule has 1 aromatic rings. The first-order chi connectivity index (χ1) is 8.11. The molecule has 0 saturated carbocycles. The molecule has 0 aliphatic rings. The van der Waals surface area contributed by atoms with Crippen molar-refractivity contribution in [3.8, 4) is 0 Å². The molecule has 0 fully saturated rings. The van der Waals surface area contributed by atoms with Crippen LogP contribution in [0.4, 0.5) is 0 Å². The van der Waals surface area contributed by atoms with Crippen LogP contribution >= 0.6 is 0 Å². The van der Waals surface area contributed by atoms with Crippen LogP contribution in [0.25, 0.3) is 0 Å². The van der Waals surface area contributed by atoms with Crippen molar-refractivity contribution in [3.05, 3.63) is 34.9 Å². The van der Waals surface area contributed by atoms with Gasteiger partial charge in [-0.3, -0.25) is 4.79 Å². The molecule has 0 unspecified atom stereocenters. The molecular weight excluding hydrogens is 216 g/mol. The SMILES string of the molecule is CCCCc1cccc(C(=O)OC)c1C(C)=O. The Morgan fingerprint density at radius 1 is 1.29 bits per heavy atom. The van der Waals surface area contributed by atoms with Gasteiger partial charge in [-0.05, 0) is 31.4 Å². The summed E-state index contributed by atoms with van der Waals surface area (Å²) in [5, 5.41) is 0. The minimum atomic E-state index is -0.450. The molecule has 0 aromatic heterocycles.